The van der Waals surface area contributed by atoms with Crippen LogP contribution in [0.5, 0.6) is 11.5 Å². The predicted molar refractivity (Wildman–Crippen MR) is 144 cm³/mol. The van der Waals surface area contributed by atoms with Crippen LogP contribution in [0.25, 0.3) is 6.08 Å². The van der Waals surface area contributed by atoms with Crippen molar-refractivity contribution in [3.63, 3.8) is 0 Å². The van der Waals surface area contributed by atoms with Crippen LogP contribution in [0.3, 0.4) is 0 Å². The van der Waals surface area contributed by atoms with Crippen LogP contribution in [0.4, 0.5) is 5.69 Å². The maximum atomic E-state index is 13.7. The van der Waals surface area contributed by atoms with Gasteiger partial charge in [0.1, 0.15) is 0 Å². The van der Waals surface area contributed by atoms with Crippen molar-refractivity contribution in [3.05, 3.63) is 83.0 Å². The molecule has 1 aromatic heterocycles. The van der Waals surface area contributed by atoms with Gasteiger partial charge in [-0.3, -0.25) is 9.36 Å². The Bertz CT molecular complexity index is 1540. The molecule has 0 bridgehead atoms. The molecule has 0 saturated carbocycles. The van der Waals surface area contributed by atoms with E-state index in [2.05, 4.69) is 20.9 Å². The van der Waals surface area contributed by atoms with Crippen LogP contribution < -0.4 is 24.5 Å². The lowest BCUT2D eigenvalue weighted by Gasteiger charge is -2.25. The van der Waals surface area contributed by atoms with Crippen LogP contribution >= 0.6 is 27.3 Å². The van der Waals surface area contributed by atoms with Gasteiger partial charge >= 0.3 is 5.97 Å². The molecule has 0 radical (unpaired) electrons. The first-order chi connectivity index (χ1) is 17.2. The molecule has 0 unspecified atom stereocenters. The number of phenols is 1. The van der Waals surface area contributed by atoms with Gasteiger partial charge in [0, 0.05) is 19.8 Å². The molecule has 1 N–H and O–H groups in total. The first-order valence-corrected chi connectivity index (χ1v) is 12.8. The minimum Gasteiger partial charge on any atom is -0.503 e. The Morgan fingerprint density at radius 2 is 1.97 bits per heavy atom. The lowest BCUT2D eigenvalue weighted by atomic mass is 9.95. The van der Waals surface area contributed by atoms with Gasteiger partial charge in [0.05, 0.1) is 40.0 Å². The smallest absolute Gasteiger partial charge is 0.338 e. The number of thiazole rings is 1. The number of fused-ring (bicyclic) bond motifs is 1. The molecule has 1 aliphatic heterocycles. The lowest BCUT2D eigenvalue weighted by molar-refractivity contribution is -0.139. The number of esters is 1. The molecule has 1 atom stereocenters. The Labute approximate surface area is 220 Å². The van der Waals surface area contributed by atoms with Crippen LogP contribution in [-0.2, 0) is 9.53 Å². The largest absolute Gasteiger partial charge is 0.503 e. The fourth-order valence-corrected chi connectivity index (χ4v) is 5.55. The summed E-state index contributed by atoms with van der Waals surface area (Å²) in [5.41, 5.74) is 3.00. The highest BCUT2D eigenvalue weighted by molar-refractivity contribution is 9.10. The summed E-state index contributed by atoms with van der Waals surface area (Å²) in [6.07, 6.45) is 1.71. The number of phenolic OH excluding ortho intramolecular Hbond substituents is 1. The van der Waals surface area contributed by atoms with Crippen LogP contribution in [-0.4, -0.2) is 43.5 Å². The molecule has 8 nitrogen and oxygen atoms in total. The van der Waals surface area contributed by atoms with Gasteiger partial charge in [0.2, 0.25) is 0 Å². The average molecular weight is 572 g/mol. The summed E-state index contributed by atoms with van der Waals surface area (Å²) in [6.45, 7) is 3.71. The minimum atomic E-state index is -0.681. The number of allylic oxidation sites excluding steroid dienone is 1. The average Bonchev–Trinajstić information content (AvgIpc) is 3.14. The number of nitrogens with zero attached hydrogens (tertiary/aromatic N) is 3. The molecular formula is C26H26BrN3O5S. The molecule has 0 spiro atoms. The second-order valence-corrected chi connectivity index (χ2v) is 10.2. The molecule has 36 heavy (non-hydrogen) atoms. The maximum Gasteiger partial charge on any atom is 0.338 e. The van der Waals surface area contributed by atoms with E-state index in [1.54, 1.807) is 36.6 Å². The van der Waals surface area contributed by atoms with Crippen LogP contribution in [0.15, 0.2) is 61.9 Å². The van der Waals surface area contributed by atoms with Crippen molar-refractivity contribution < 1.29 is 19.4 Å². The zero-order valence-electron chi connectivity index (χ0n) is 20.5. The molecule has 1 aliphatic rings. The van der Waals surface area contributed by atoms with Crippen molar-refractivity contribution in [1.82, 2.24) is 4.57 Å². The van der Waals surface area contributed by atoms with Gasteiger partial charge in [-0.05, 0) is 71.2 Å². The number of aromatic nitrogens is 1. The lowest BCUT2D eigenvalue weighted by Crippen LogP contribution is -2.39. The van der Waals surface area contributed by atoms with Gasteiger partial charge < -0.3 is 19.5 Å². The van der Waals surface area contributed by atoms with E-state index in [0.29, 0.717) is 30.6 Å². The highest BCUT2D eigenvalue weighted by Crippen LogP contribution is 2.35. The summed E-state index contributed by atoms with van der Waals surface area (Å²) >= 11 is 4.55. The van der Waals surface area contributed by atoms with E-state index < -0.39 is 12.0 Å². The molecule has 0 fully saturated rings. The first-order valence-electron chi connectivity index (χ1n) is 11.2. The Morgan fingerprint density at radius 1 is 1.28 bits per heavy atom. The Balaban J connectivity index is 1.94. The van der Waals surface area contributed by atoms with Gasteiger partial charge in [-0.25, -0.2) is 9.79 Å². The quantitative estimate of drug-likeness (QED) is 0.456. The number of aromatic hydroxyl groups is 1. The van der Waals surface area contributed by atoms with E-state index in [1.165, 1.54) is 18.4 Å². The number of carbonyl (C=O) groups excluding carboxylic acids is 1. The van der Waals surface area contributed by atoms with Crippen molar-refractivity contribution >= 4 is 45.0 Å². The number of anilines is 1. The number of benzene rings is 2. The van der Waals surface area contributed by atoms with Crippen LogP contribution in [0.2, 0.25) is 0 Å². The number of rotatable bonds is 6. The third kappa shape index (κ3) is 4.70. The van der Waals surface area contributed by atoms with Crippen molar-refractivity contribution in [2.24, 2.45) is 4.99 Å². The molecule has 3 aromatic rings. The van der Waals surface area contributed by atoms with Crippen molar-refractivity contribution in [2.45, 2.75) is 19.9 Å². The molecule has 188 valence electrons. The van der Waals surface area contributed by atoms with Crippen molar-refractivity contribution in [1.29, 1.82) is 0 Å². The van der Waals surface area contributed by atoms with Gasteiger partial charge in [-0.15, -0.1) is 0 Å². The Hall–Kier alpha value is -3.37. The fraction of sp³-hybridized carbons (Fsp3) is 0.269. The summed E-state index contributed by atoms with van der Waals surface area (Å²) in [5.74, 6) is -0.239. The molecule has 4 rings (SSSR count). The zero-order chi connectivity index (χ0) is 26.1. The summed E-state index contributed by atoms with van der Waals surface area (Å²) in [4.78, 5) is 33.8. The summed E-state index contributed by atoms with van der Waals surface area (Å²) < 4.78 is 13.0. The van der Waals surface area contributed by atoms with Gasteiger partial charge in [-0.2, -0.15) is 0 Å². The zero-order valence-corrected chi connectivity index (χ0v) is 22.9. The SMILES string of the molecule is CCOC(=O)C1=C(C)N=c2s/c(=C\c3cc(Br)c(O)c(OC)c3)c(=O)n2[C@H]1c1ccc(N(C)C)cc1. The second kappa shape index (κ2) is 10.3. The van der Waals surface area contributed by atoms with Gasteiger partial charge in [0.25, 0.3) is 5.56 Å². The predicted octanol–water partition coefficient (Wildman–Crippen LogP) is 3.34. The summed E-state index contributed by atoms with van der Waals surface area (Å²) in [7, 11) is 5.35. The van der Waals surface area contributed by atoms with E-state index >= 15 is 0 Å². The van der Waals surface area contributed by atoms with E-state index in [-0.39, 0.29) is 23.7 Å². The molecule has 0 amide bonds. The van der Waals surface area contributed by atoms with Crippen molar-refractivity contribution in [3.8, 4) is 11.5 Å². The van der Waals surface area contributed by atoms with E-state index in [4.69, 9.17) is 9.47 Å². The topological polar surface area (TPSA) is 93.4 Å². The molecule has 0 saturated heterocycles. The third-order valence-electron chi connectivity index (χ3n) is 5.81. The van der Waals surface area contributed by atoms with Crippen LogP contribution in [0.1, 0.15) is 31.0 Å². The van der Waals surface area contributed by atoms with Crippen molar-refractivity contribution in [2.75, 3.05) is 32.7 Å². The molecule has 2 aromatic carbocycles. The number of ether oxygens (including phenoxy) is 2. The fourth-order valence-electron chi connectivity index (χ4n) is 4.05. The Kier molecular flexibility index (Phi) is 7.37. The highest BCUT2D eigenvalue weighted by Gasteiger charge is 2.33. The van der Waals surface area contributed by atoms with E-state index in [1.807, 2.05) is 43.3 Å². The highest BCUT2D eigenvalue weighted by atomic mass is 79.9. The molecular weight excluding hydrogens is 546 g/mol. The first kappa shape index (κ1) is 25.7. The third-order valence-corrected chi connectivity index (χ3v) is 7.40. The number of carbonyl (C=O) groups is 1. The molecule has 0 aliphatic carbocycles. The number of methoxy groups -OCH3 is 1. The normalized spacial score (nSPS) is 15.4. The molecule has 10 heteroatoms. The van der Waals surface area contributed by atoms with Crippen LogP contribution in [0, 0.1) is 0 Å². The number of halogens is 1. The Morgan fingerprint density at radius 3 is 2.58 bits per heavy atom. The number of hydrogen-bond donors (Lipinski definition) is 1. The standard InChI is InChI=1S/C26H26BrN3O5S/c1-6-35-25(33)21-14(2)28-26-30(22(21)16-7-9-17(10-8-16)29(3)4)24(32)20(36-26)13-15-11-18(27)23(31)19(12-15)34-5/h7-13,22,31H,6H2,1-5H3/b20-13-/t22-/m0/s1. The maximum absolute atomic E-state index is 13.7. The summed E-state index contributed by atoms with van der Waals surface area (Å²) in [6, 6.07) is 10.4. The van der Waals surface area contributed by atoms with Gasteiger partial charge in [-0.1, -0.05) is 23.5 Å². The van der Waals surface area contributed by atoms with Gasteiger partial charge in [0.15, 0.2) is 16.3 Å². The monoisotopic (exact) mass is 571 g/mol. The molecule has 2 heterocycles. The van der Waals surface area contributed by atoms with E-state index in [0.717, 1.165) is 11.3 Å². The number of hydrogen-bond acceptors (Lipinski definition) is 8. The minimum absolute atomic E-state index is 0.0213. The summed E-state index contributed by atoms with van der Waals surface area (Å²) in [5, 5.41) is 10.1. The van der Waals surface area contributed by atoms with E-state index in [9.17, 15) is 14.7 Å². The second-order valence-electron chi connectivity index (χ2n) is 8.34.